The van der Waals surface area contributed by atoms with Crippen molar-refractivity contribution < 1.29 is 19.4 Å². The van der Waals surface area contributed by atoms with Gasteiger partial charge in [0.25, 0.3) is 0 Å². The van der Waals surface area contributed by atoms with Crippen LogP contribution in [0.3, 0.4) is 0 Å². The van der Waals surface area contributed by atoms with E-state index in [2.05, 4.69) is 5.32 Å². The summed E-state index contributed by atoms with van der Waals surface area (Å²) in [4.78, 5) is 23.5. The molecule has 0 unspecified atom stereocenters. The fraction of sp³-hybridized carbons (Fsp3) is 0.857. The van der Waals surface area contributed by atoms with E-state index in [1.165, 1.54) is 0 Å². The second-order valence-electron chi connectivity index (χ2n) is 6.00. The molecule has 0 heterocycles. The van der Waals surface area contributed by atoms with Gasteiger partial charge in [-0.1, -0.05) is 12.8 Å². The van der Waals surface area contributed by atoms with Crippen molar-refractivity contribution in [2.24, 2.45) is 10.8 Å². The zero-order valence-electron chi connectivity index (χ0n) is 11.5. The van der Waals surface area contributed by atoms with Crippen molar-refractivity contribution in [3.63, 3.8) is 0 Å². The van der Waals surface area contributed by atoms with Gasteiger partial charge in [0, 0.05) is 20.3 Å². The second kappa shape index (κ2) is 5.49. The normalized spacial score (nSPS) is 23.0. The number of hydrogen-bond donors (Lipinski definition) is 2. The lowest BCUT2D eigenvalue weighted by atomic mass is 9.82. The van der Waals surface area contributed by atoms with Crippen LogP contribution in [0, 0.1) is 10.8 Å². The lowest BCUT2D eigenvalue weighted by Crippen LogP contribution is -2.43. The molecule has 5 nitrogen and oxygen atoms in total. The number of methoxy groups -OCH3 is 1. The molecule has 1 amide bonds. The largest absolute Gasteiger partial charge is 0.481 e. The molecule has 108 valence electrons. The molecule has 2 fully saturated rings. The van der Waals surface area contributed by atoms with Gasteiger partial charge in [-0.15, -0.1) is 0 Å². The van der Waals surface area contributed by atoms with E-state index in [-0.39, 0.29) is 17.9 Å². The highest BCUT2D eigenvalue weighted by molar-refractivity contribution is 5.84. The Labute approximate surface area is 113 Å². The van der Waals surface area contributed by atoms with Crippen LogP contribution in [0.1, 0.15) is 44.9 Å². The predicted octanol–water partition coefficient (Wildman–Crippen LogP) is 1.56. The average Bonchev–Trinajstić information content (AvgIpc) is 3.05. The molecule has 0 aromatic rings. The first-order chi connectivity index (χ1) is 9.05. The van der Waals surface area contributed by atoms with Crippen LogP contribution in [0.25, 0.3) is 0 Å². The van der Waals surface area contributed by atoms with E-state index in [0.29, 0.717) is 19.4 Å². The van der Waals surface area contributed by atoms with Gasteiger partial charge in [0.15, 0.2) is 0 Å². The van der Waals surface area contributed by atoms with Crippen LogP contribution < -0.4 is 5.32 Å². The molecule has 0 aromatic carbocycles. The molecule has 19 heavy (non-hydrogen) atoms. The van der Waals surface area contributed by atoms with Crippen molar-refractivity contribution in [1.29, 1.82) is 0 Å². The van der Waals surface area contributed by atoms with Crippen LogP contribution in [0.15, 0.2) is 0 Å². The quantitative estimate of drug-likeness (QED) is 0.735. The Morgan fingerprint density at radius 1 is 1.16 bits per heavy atom. The number of ether oxygens (including phenoxy) is 1. The summed E-state index contributed by atoms with van der Waals surface area (Å²) in [6, 6.07) is 0. The monoisotopic (exact) mass is 269 g/mol. The average molecular weight is 269 g/mol. The van der Waals surface area contributed by atoms with Crippen LogP contribution in [0.2, 0.25) is 0 Å². The number of aliphatic carboxylic acids is 1. The Balaban J connectivity index is 1.91. The lowest BCUT2D eigenvalue weighted by Gasteiger charge is -2.28. The number of hydrogen-bond acceptors (Lipinski definition) is 3. The molecule has 0 radical (unpaired) electrons. The highest BCUT2D eigenvalue weighted by Crippen LogP contribution is 2.46. The summed E-state index contributed by atoms with van der Waals surface area (Å²) in [7, 11) is 1.64. The number of nitrogens with one attached hydrogen (secondary N) is 1. The maximum atomic E-state index is 12.4. The maximum Gasteiger partial charge on any atom is 0.311 e. The zero-order chi connectivity index (χ0) is 13.9. The number of rotatable bonds is 7. The van der Waals surface area contributed by atoms with Crippen LogP contribution in [0.4, 0.5) is 0 Å². The van der Waals surface area contributed by atoms with Crippen molar-refractivity contribution >= 4 is 11.9 Å². The molecule has 2 rings (SSSR count). The molecule has 0 saturated heterocycles. The Morgan fingerprint density at radius 2 is 1.79 bits per heavy atom. The van der Waals surface area contributed by atoms with Crippen molar-refractivity contribution in [3.8, 4) is 0 Å². The summed E-state index contributed by atoms with van der Waals surface area (Å²) in [5.74, 6) is -0.764. The smallest absolute Gasteiger partial charge is 0.311 e. The fourth-order valence-corrected chi connectivity index (χ4v) is 2.99. The van der Waals surface area contributed by atoms with Gasteiger partial charge in [0.1, 0.15) is 0 Å². The lowest BCUT2D eigenvalue weighted by molar-refractivity contribution is -0.143. The van der Waals surface area contributed by atoms with E-state index in [4.69, 9.17) is 9.84 Å². The van der Waals surface area contributed by atoms with Crippen molar-refractivity contribution in [2.75, 3.05) is 20.3 Å². The Bertz CT molecular complexity index is 356. The Morgan fingerprint density at radius 3 is 2.26 bits per heavy atom. The number of carboxylic acids is 1. The number of carbonyl (C=O) groups excluding carboxylic acids is 1. The van der Waals surface area contributed by atoms with E-state index in [0.717, 1.165) is 32.1 Å². The molecule has 0 aromatic heterocycles. The van der Waals surface area contributed by atoms with E-state index in [9.17, 15) is 9.59 Å². The van der Waals surface area contributed by atoms with Gasteiger partial charge in [0.2, 0.25) is 5.91 Å². The standard InChI is InChI=1S/C14H23NO4/c1-19-9-8-13(4-2-3-5-13)11(16)15-10-14(6-7-14)12(17)18/h2-10H2,1H3,(H,15,16)(H,17,18). The summed E-state index contributed by atoms with van der Waals surface area (Å²) >= 11 is 0. The number of amides is 1. The first-order valence-electron chi connectivity index (χ1n) is 7.05. The van der Waals surface area contributed by atoms with Crippen molar-refractivity contribution in [3.05, 3.63) is 0 Å². The van der Waals surface area contributed by atoms with E-state index >= 15 is 0 Å². The molecule has 0 aliphatic heterocycles. The Kier molecular flexibility index (Phi) is 4.13. The molecule has 2 aliphatic rings. The third-order valence-electron chi connectivity index (χ3n) is 4.72. The van der Waals surface area contributed by atoms with Gasteiger partial charge in [-0.05, 0) is 32.1 Å². The number of carbonyl (C=O) groups is 2. The third-order valence-corrected chi connectivity index (χ3v) is 4.72. The van der Waals surface area contributed by atoms with Crippen LogP contribution in [-0.4, -0.2) is 37.2 Å². The molecule has 2 saturated carbocycles. The topological polar surface area (TPSA) is 75.6 Å². The zero-order valence-corrected chi connectivity index (χ0v) is 11.5. The predicted molar refractivity (Wildman–Crippen MR) is 69.7 cm³/mol. The Hall–Kier alpha value is -1.10. The van der Waals surface area contributed by atoms with Crippen LogP contribution in [0.5, 0.6) is 0 Å². The van der Waals surface area contributed by atoms with Crippen molar-refractivity contribution in [1.82, 2.24) is 5.32 Å². The minimum absolute atomic E-state index is 0.0228. The first kappa shape index (κ1) is 14.3. The third kappa shape index (κ3) is 2.91. The summed E-state index contributed by atoms with van der Waals surface area (Å²) in [5, 5.41) is 12.0. The van der Waals surface area contributed by atoms with Gasteiger partial charge in [-0.25, -0.2) is 0 Å². The van der Waals surface area contributed by atoms with Crippen LogP contribution >= 0.6 is 0 Å². The van der Waals surface area contributed by atoms with Gasteiger partial charge < -0.3 is 15.2 Å². The molecule has 2 aliphatic carbocycles. The first-order valence-corrected chi connectivity index (χ1v) is 7.05. The maximum absolute atomic E-state index is 12.4. The summed E-state index contributed by atoms with van der Waals surface area (Å²) in [5.41, 5.74) is -1.01. The summed E-state index contributed by atoms with van der Waals surface area (Å²) in [6.45, 7) is 0.855. The van der Waals surface area contributed by atoms with Gasteiger partial charge in [-0.3, -0.25) is 9.59 Å². The molecule has 0 bridgehead atoms. The van der Waals surface area contributed by atoms with Crippen LogP contribution in [-0.2, 0) is 14.3 Å². The molecular formula is C14H23NO4. The minimum Gasteiger partial charge on any atom is -0.481 e. The van der Waals surface area contributed by atoms with E-state index < -0.39 is 11.4 Å². The molecular weight excluding hydrogens is 246 g/mol. The number of carboxylic acid groups (broad SMARTS) is 1. The van der Waals surface area contributed by atoms with E-state index in [1.807, 2.05) is 0 Å². The van der Waals surface area contributed by atoms with Gasteiger partial charge in [-0.2, -0.15) is 0 Å². The molecule has 2 N–H and O–H groups in total. The van der Waals surface area contributed by atoms with E-state index in [1.54, 1.807) is 7.11 Å². The molecule has 0 spiro atoms. The fourth-order valence-electron chi connectivity index (χ4n) is 2.99. The summed E-state index contributed by atoms with van der Waals surface area (Å²) in [6.07, 6.45) is 6.00. The minimum atomic E-state index is -0.787. The molecule has 5 heteroatoms. The summed E-state index contributed by atoms with van der Waals surface area (Å²) < 4.78 is 5.10. The van der Waals surface area contributed by atoms with Gasteiger partial charge in [0.05, 0.1) is 10.8 Å². The molecule has 0 atom stereocenters. The second-order valence-corrected chi connectivity index (χ2v) is 6.00. The highest BCUT2D eigenvalue weighted by atomic mass is 16.5. The SMILES string of the molecule is COCCC1(C(=O)NCC2(C(=O)O)CC2)CCCC1. The van der Waals surface area contributed by atoms with Gasteiger partial charge >= 0.3 is 5.97 Å². The van der Waals surface area contributed by atoms with Crippen molar-refractivity contribution in [2.45, 2.75) is 44.9 Å². The highest BCUT2D eigenvalue weighted by Gasteiger charge is 2.51.